The lowest BCUT2D eigenvalue weighted by Gasteiger charge is -2.07. The molecule has 0 saturated heterocycles. The van der Waals surface area contributed by atoms with Gasteiger partial charge in [-0.2, -0.15) is 0 Å². The van der Waals surface area contributed by atoms with Crippen molar-refractivity contribution in [3.8, 4) is 0 Å². The number of hydrogen-bond acceptors (Lipinski definition) is 4. The van der Waals surface area contributed by atoms with Gasteiger partial charge in [0.2, 0.25) is 0 Å². The molecule has 1 aliphatic rings. The minimum absolute atomic E-state index is 0.603. The first-order valence-corrected chi connectivity index (χ1v) is 8.51. The minimum atomic E-state index is 0.603. The van der Waals surface area contributed by atoms with E-state index in [1.54, 1.807) is 0 Å². The van der Waals surface area contributed by atoms with Gasteiger partial charge in [-0.25, -0.2) is 0 Å². The Morgan fingerprint density at radius 1 is 0.458 bits per heavy atom. The highest BCUT2D eigenvalue weighted by molar-refractivity contribution is 5.03. The average Bonchev–Trinajstić information content (AvgIpc) is 2.55. The predicted molar refractivity (Wildman–Crippen MR) is 98.3 cm³/mol. The van der Waals surface area contributed by atoms with Crippen LogP contribution in [0.15, 0.2) is 46.6 Å². The molecule has 0 unspecified atom stereocenters. The van der Waals surface area contributed by atoms with Crippen molar-refractivity contribution in [2.75, 3.05) is 52.9 Å². The first-order chi connectivity index (χ1) is 11.6. The molecule has 4 heteroatoms. The number of hydrogen-bond donors (Lipinski definition) is 0. The number of rotatable bonds is 0. The molecule has 0 radical (unpaired) electrons. The van der Waals surface area contributed by atoms with Crippen molar-refractivity contribution in [2.24, 2.45) is 0 Å². The molecule has 1 aliphatic heterocycles. The van der Waals surface area contributed by atoms with Crippen LogP contribution in [0, 0.1) is 0 Å². The van der Waals surface area contributed by atoms with Gasteiger partial charge in [0, 0.05) is 0 Å². The fraction of sp³-hybridized carbons (Fsp3) is 0.600. The molecule has 0 fully saturated rings. The molecule has 1 rings (SSSR count). The molecule has 0 atom stereocenters. The summed E-state index contributed by atoms with van der Waals surface area (Å²) in [6, 6.07) is 0. The Hall–Kier alpha value is -1.20. The lowest BCUT2D eigenvalue weighted by molar-refractivity contribution is 0.165. The third-order valence-corrected chi connectivity index (χ3v) is 3.52. The molecular weight excluding hydrogens is 304 g/mol. The van der Waals surface area contributed by atoms with E-state index in [1.165, 1.54) is 22.3 Å². The van der Waals surface area contributed by atoms with E-state index >= 15 is 0 Å². The third kappa shape index (κ3) is 11.4. The highest BCUT2D eigenvalue weighted by atomic mass is 16.5. The van der Waals surface area contributed by atoms with Crippen LogP contribution >= 0.6 is 0 Å². The summed E-state index contributed by atoms with van der Waals surface area (Å²) in [6.45, 7) is 13.1. The Labute approximate surface area is 146 Å². The van der Waals surface area contributed by atoms with Crippen molar-refractivity contribution >= 4 is 0 Å². The molecular formula is C20H32O4. The molecule has 0 N–H and O–H groups in total. The Balaban J connectivity index is 2.53. The van der Waals surface area contributed by atoms with E-state index in [1.807, 2.05) is 0 Å². The normalized spacial score (nSPS) is 29.8. The number of ether oxygens (including phenoxy) is 4. The van der Waals surface area contributed by atoms with Crippen molar-refractivity contribution in [1.82, 2.24) is 0 Å². The van der Waals surface area contributed by atoms with E-state index in [-0.39, 0.29) is 0 Å². The van der Waals surface area contributed by atoms with Gasteiger partial charge >= 0.3 is 0 Å². The second kappa shape index (κ2) is 13.1. The van der Waals surface area contributed by atoms with E-state index in [0.29, 0.717) is 52.9 Å². The van der Waals surface area contributed by atoms with Crippen LogP contribution in [-0.4, -0.2) is 52.9 Å². The van der Waals surface area contributed by atoms with Gasteiger partial charge in [-0.1, -0.05) is 24.3 Å². The second-order valence-electron chi connectivity index (χ2n) is 6.26. The molecule has 1 heterocycles. The summed E-state index contributed by atoms with van der Waals surface area (Å²) in [5, 5.41) is 0. The van der Waals surface area contributed by atoms with E-state index in [2.05, 4.69) is 52.0 Å². The van der Waals surface area contributed by atoms with Gasteiger partial charge < -0.3 is 18.9 Å². The van der Waals surface area contributed by atoms with Gasteiger partial charge in [0.05, 0.1) is 52.9 Å². The first kappa shape index (κ1) is 20.8. The Morgan fingerprint density at radius 3 is 0.875 bits per heavy atom. The van der Waals surface area contributed by atoms with Crippen molar-refractivity contribution in [3.05, 3.63) is 46.6 Å². The van der Waals surface area contributed by atoms with Crippen LogP contribution in [0.5, 0.6) is 0 Å². The van der Waals surface area contributed by atoms with Crippen LogP contribution in [0.2, 0.25) is 0 Å². The maximum atomic E-state index is 5.64. The summed E-state index contributed by atoms with van der Waals surface area (Å²) < 4.78 is 22.6. The Kier molecular flexibility index (Phi) is 11.4. The lowest BCUT2D eigenvalue weighted by Crippen LogP contribution is -2.03. The summed E-state index contributed by atoms with van der Waals surface area (Å²) in [5.41, 5.74) is 4.71. The first-order valence-electron chi connectivity index (χ1n) is 8.51. The highest BCUT2D eigenvalue weighted by Crippen LogP contribution is 2.01. The largest absolute Gasteiger partial charge is 0.373 e. The minimum Gasteiger partial charge on any atom is -0.373 e. The molecule has 0 aliphatic carbocycles. The van der Waals surface area contributed by atoms with Gasteiger partial charge in [0.1, 0.15) is 0 Å². The zero-order valence-corrected chi connectivity index (χ0v) is 15.6. The molecule has 0 spiro atoms. The summed E-state index contributed by atoms with van der Waals surface area (Å²) in [5.74, 6) is 0. The monoisotopic (exact) mass is 336 g/mol. The summed E-state index contributed by atoms with van der Waals surface area (Å²) in [7, 11) is 0. The van der Waals surface area contributed by atoms with Gasteiger partial charge in [0.25, 0.3) is 0 Å². The predicted octanol–water partition coefficient (Wildman–Crippen LogP) is 3.85. The maximum absolute atomic E-state index is 5.64. The third-order valence-electron chi connectivity index (χ3n) is 3.52. The second-order valence-corrected chi connectivity index (χ2v) is 6.26. The topological polar surface area (TPSA) is 36.9 Å². The Bertz CT molecular complexity index is 384. The van der Waals surface area contributed by atoms with Crippen molar-refractivity contribution in [1.29, 1.82) is 0 Å². The van der Waals surface area contributed by atoms with E-state index in [0.717, 1.165) is 0 Å². The van der Waals surface area contributed by atoms with E-state index < -0.39 is 0 Å². The SMILES string of the molecule is C/C1=C/COC/C(C)=C/COC/C(C)=C/COC/C(C)=C\COC1. The lowest BCUT2D eigenvalue weighted by atomic mass is 10.3. The summed E-state index contributed by atoms with van der Waals surface area (Å²) in [4.78, 5) is 0. The molecule has 24 heavy (non-hydrogen) atoms. The standard InChI is InChI=1S/C20H32O4/c1-17-5-9-22-14-19(3)7-11-24-16-20(4)8-12-23-15-18(2)6-10-21-13-17/h5-8H,9-16H2,1-4H3/b17-5-,18-6-,19-7+,20-8+. The average molecular weight is 336 g/mol. The van der Waals surface area contributed by atoms with Gasteiger partial charge in [-0.15, -0.1) is 0 Å². The van der Waals surface area contributed by atoms with Gasteiger partial charge in [-0.05, 0) is 50.0 Å². The zero-order valence-electron chi connectivity index (χ0n) is 15.6. The summed E-state index contributed by atoms with van der Waals surface area (Å²) in [6.07, 6.45) is 8.26. The maximum Gasteiger partial charge on any atom is 0.0679 e. The van der Waals surface area contributed by atoms with Crippen LogP contribution < -0.4 is 0 Å². The highest BCUT2D eigenvalue weighted by Gasteiger charge is 1.96. The van der Waals surface area contributed by atoms with E-state index in [9.17, 15) is 0 Å². The van der Waals surface area contributed by atoms with Gasteiger partial charge in [-0.3, -0.25) is 0 Å². The van der Waals surface area contributed by atoms with Crippen molar-refractivity contribution in [3.63, 3.8) is 0 Å². The zero-order chi connectivity index (χ0) is 17.6. The molecule has 0 aromatic rings. The van der Waals surface area contributed by atoms with Gasteiger partial charge in [0.15, 0.2) is 0 Å². The smallest absolute Gasteiger partial charge is 0.0679 e. The van der Waals surface area contributed by atoms with Crippen molar-refractivity contribution < 1.29 is 18.9 Å². The molecule has 136 valence electrons. The van der Waals surface area contributed by atoms with Crippen LogP contribution in [-0.2, 0) is 18.9 Å². The molecule has 0 amide bonds. The van der Waals surface area contributed by atoms with Crippen LogP contribution in [0.25, 0.3) is 0 Å². The van der Waals surface area contributed by atoms with Crippen LogP contribution in [0.4, 0.5) is 0 Å². The molecule has 0 bridgehead atoms. The molecule has 0 saturated carbocycles. The van der Waals surface area contributed by atoms with Crippen LogP contribution in [0.3, 0.4) is 0 Å². The summed E-state index contributed by atoms with van der Waals surface area (Å²) >= 11 is 0. The quantitative estimate of drug-likeness (QED) is 0.630. The fourth-order valence-corrected chi connectivity index (χ4v) is 1.92. The van der Waals surface area contributed by atoms with Crippen LogP contribution in [0.1, 0.15) is 27.7 Å². The molecule has 0 aromatic carbocycles. The van der Waals surface area contributed by atoms with Crippen molar-refractivity contribution in [2.45, 2.75) is 27.7 Å². The molecule has 0 aromatic heterocycles. The fourth-order valence-electron chi connectivity index (χ4n) is 1.92. The molecule has 4 nitrogen and oxygen atoms in total. The van der Waals surface area contributed by atoms with E-state index in [4.69, 9.17) is 18.9 Å². The Morgan fingerprint density at radius 2 is 0.667 bits per heavy atom.